The van der Waals surface area contributed by atoms with Crippen LogP contribution in [-0.4, -0.2) is 35.1 Å². The molecular weight excluding hydrogens is 346 g/mol. The zero-order chi connectivity index (χ0) is 15.5. The molecule has 21 heavy (non-hydrogen) atoms. The van der Waals surface area contributed by atoms with E-state index in [0.29, 0.717) is 10.7 Å². The molecule has 0 aromatic carbocycles. The molecule has 3 nitrogen and oxygen atoms in total. The van der Waals surface area contributed by atoms with Gasteiger partial charge in [-0.2, -0.15) is 11.8 Å². The highest BCUT2D eigenvalue weighted by molar-refractivity contribution is 9.10. The van der Waals surface area contributed by atoms with E-state index in [1.165, 1.54) is 11.3 Å². The molecule has 118 valence electrons. The van der Waals surface area contributed by atoms with Crippen LogP contribution in [0.25, 0.3) is 0 Å². The Labute approximate surface area is 141 Å². The summed E-state index contributed by atoms with van der Waals surface area (Å²) in [5.41, 5.74) is 1.28. The Morgan fingerprint density at radius 1 is 1.48 bits per heavy atom. The van der Waals surface area contributed by atoms with Gasteiger partial charge in [-0.1, -0.05) is 13.8 Å². The number of halogens is 1. The molecule has 1 fully saturated rings. The Morgan fingerprint density at radius 3 is 2.90 bits per heavy atom. The van der Waals surface area contributed by atoms with E-state index in [0.717, 1.165) is 36.5 Å². The fourth-order valence-corrected chi connectivity index (χ4v) is 4.07. The normalized spacial score (nSPS) is 18.3. The zero-order valence-electron chi connectivity index (χ0n) is 13.4. The number of nitrogens with one attached hydrogen (secondary N) is 1. The second-order valence-electron chi connectivity index (χ2n) is 6.69. The molecule has 5 heteroatoms. The van der Waals surface area contributed by atoms with Crippen LogP contribution < -0.4 is 10.2 Å². The molecule has 0 unspecified atom stereocenters. The first-order chi connectivity index (χ1) is 9.87. The van der Waals surface area contributed by atoms with Crippen LogP contribution in [0.1, 0.15) is 33.3 Å². The van der Waals surface area contributed by atoms with Crippen LogP contribution >= 0.6 is 27.7 Å². The summed E-state index contributed by atoms with van der Waals surface area (Å²) < 4.78 is 1.36. The van der Waals surface area contributed by atoms with Crippen molar-refractivity contribution in [2.24, 2.45) is 5.92 Å². The highest BCUT2D eigenvalue weighted by Gasteiger charge is 2.28. The highest BCUT2D eigenvalue weighted by Crippen LogP contribution is 2.33. The SMILES string of the molecule is CC(C)CNCc1cc(Br)cnc1N1CCSC(C)(C)C1. The first kappa shape index (κ1) is 17.1. The van der Waals surface area contributed by atoms with Gasteiger partial charge in [-0.3, -0.25) is 0 Å². The Bertz CT molecular complexity index is 477. The molecule has 0 aliphatic carbocycles. The fourth-order valence-electron chi connectivity index (χ4n) is 2.58. The van der Waals surface area contributed by atoms with Crippen molar-refractivity contribution in [3.8, 4) is 0 Å². The molecule has 1 N–H and O–H groups in total. The maximum absolute atomic E-state index is 4.70. The summed E-state index contributed by atoms with van der Waals surface area (Å²) in [5.74, 6) is 2.98. The molecule has 0 spiro atoms. The topological polar surface area (TPSA) is 28.2 Å². The minimum Gasteiger partial charge on any atom is -0.354 e. The van der Waals surface area contributed by atoms with Gasteiger partial charge in [-0.15, -0.1) is 0 Å². The van der Waals surface area contributed by atoms with Crippen molar-refractivity contribution in [2.75, 3.05) is 30.3 Å². The summed E-state index contributed by atoms with van der Waals surface area (Å²) in [7, 11) is 0. The molecule has 1 aliphatic heterocycles. The Kier molecular flexibility index (Phi) is 5.97. The molecule has 2 rings (SSSR count). The number of thioether (sulfide) groups is 1. The number of rotatable bonds is 5. The minimum absolute atomic E-state index is 0.301. The number of pyridine rings is 1. The molecule has 0 amide bonds. The number of hydrogen-bond acceptors (Lipinski definition) is 4. The van der Waals surface area contributed by atoms with Crippen LogP contribution in [0.2, 0.25) is 0 Å². The number of hydrogen-bond donors (Lipinski definition) is 1. The smallest absolute Gasteiger partial charge is 0.133 e. The average molecular weight is 372 g/mol. The van der Waals surface area contributed by atoms with E-state index in [4.69, 9.17) is 4.98 Å². The van der Waals surface area contributed by atoms with Crippen LogP contribution in [0.3, 0.4) is 0 Å². The number of nitrogens with zero attached hydrogens (tertiary/aromatic N) is 2. The molecule has 1 aliphatic rings. The second-order valence-corrected chi connectivity index (χ2v) is 9.41. The van der Waals surface area contributed by atoms with Crippen molar-refractivity contribution in [2.45, 2.75) is 39.0 Å². The van der Waals surface area contributed by atoms with E-state index < -0.39 is 0 Å². The molecule has 0 atom stereocenters. The Hall–Kier alpha value is -0.260. The lowest BCUT2D eigenvalue weighted by Crippen LogP contribution is -2.44. The van der Waals surface area contributed by atoms with Gasteiger partial charge in [0.15, 0.2) is 0 Å². The standard InChI is InChI=1S/C16H26BrN3S/c1-12(2)8-18-9-13-7-14(17)10-19-15(13)20-5-6-21-16(3,4)11-20/h7,10,12,18H,5-6,8-9,11H2,1-4H3. The third kappa shape index (κ3) is 5.15. The summed E-state index contributed by atoms with van der Waals surface area (Å²) in [6.07, 6.45) is 1.91. The molecule has 1 aromatic heterocycles. The van der Waals surface area contributed by atoms with Crippen molar-refractivity contribution >= 4 is 33.5 Å². The van der Waals surface area contributed by atoms with Gasteiger partial charge in [0, 0.05) is 46.4 Å². The lowest BCUT2D eigenvalue weighted by molar-refractivity contribution is 0.550. The van der Waals surface area contributed by atoms with Crippen molar-refractivity contribution in [3.05, 3.63) is 22.3 Å². The molecule has 1 aromatic rings. The summed E-state index contributed by atoms with van der Waals surface area (Å²) in [5, 5.41) is 3.54. The van der Waals surface area contributed by atoms with Gasteiger partial charge in [-0.05, 0) is 48.3 Å². The lowest BCUT2D eigenvalue weighted by atomic mass is 10.1. The van der Waals surface area contributed by atoms with E-state index in [1.54, 1.807) is 0 Å². The third-order valence-electron chi connectivity index (χ3n) is 3.50. The summed E-state index contributed by atoms with van der Waals surface area (Å²) in [6.45, 7) is 13.2. The lowest BCUT2D eigenvalue weighted by Gasteiger charge is -2.39. The largest absolute Gasteiger partial charge is 0.354 e. The fraction of sp³-hybridized carbons (Fsp3) is 0.688. The minimum atomic E-state index is 0.301. The van der Waals surface area contributed by atoms with Gasteiger partial charge in [0.2, 0.25) is 0 Å². The molecule has 1 saturated heterocycles. The van der Waals surface area contributed by atoms with Gasteiger partial charge in [0.05, 0.1) is 0 Å². The monoisotopic (exact) mass is 371 g/mol. The van der Waals surface area contributed by atoms with E-state index in [2.05, 4.69) is 71.7 Å². The van der Waals surface area contributed by atoms with Gasteiger partial charge < -0.3 is 10.2 Å². The Balaban J connectivity index is 2.14. The van der Waals surface area contributed by atoms with Crippen LogP contribution in [-0.2, 0) is 6.54 Å². The molecule has 0 saturated carbocycles. The van der Waals surface area contributed by atoms with Crippen LogP contribution in [0, 0.1) is 5.92 Å². The summed E-state index contributed by atoms with van der Waals surface area (Å²) in [4.78, 5) is 7.13. The van der Waals surface area contributed by atoms with Gasteiger partial charge in [-0.25, -0.2) is 4.98 Å². The summed E-state index contributed by atoms with van der Waals surface area (Å²) >= 11 is 5.61. The molecule has 0 radical (unpaired) electrons. The van der Waals surface area contributed by atoms with Crippen LogP contribution in [0.15, 0.2) is 16.7 Å². The maximum atomic E-state index is 4.70. The summed E-state index contributed by atoms with van der Waals surface area (Å²) in [6, 6.07) is 2.20. The predicted octanol–water partition coefficient (Wildman–Crippen LogP) is 3.92. The third-order valence-corrected chi connectivity index (χ3v) is 5.23. The van der Waals surface area contributed by atoms with Crippen molar-refractivity contribution in [1.29, 1.82) is 0 Å². The maximum Gasteiger partial charge on any atom is 0.133 e. The van der Waals surface area contributed by atoms with E-state index >= 15 is 0 Å². The zero-order valence-corrected chi connectivity index (χ0v) is 15.9. The second kappa shape index (κ2) is 7.34. The average Bonchev–Trinajstić information content (AvgIpc) is 2.37. The van der Waals surface area contributed by atoms with Gasteiger partial charge in [0.1, 0.15) is 5.82 Å². The van der Waals surface area contributed by atoms with Gasteiger partial charge >= 0.3 is 0 Å². The number of aromatic nitrogens is 1. The first-order valence-electron chi connectivity index (χ1n) is 7.61. The predicted molar refractivity (Wildman–Crippen MR) is 97.2 cm³/mol. The molecule has 2 heterocycles. The van der Waals surface area contributed by atoms with E-state index in [9.17, 15) is 0 Å². The molecule has 0 bridgehead atoms. The van der Waals surface area contributed by atoms with Crippen LogP contribution in [0.4, 0.5) is 5.82 Å². The molecular formula is C16H26BrN3S. The quantitative estimate of drug-likeness (QED) is 0.848. The van der Waals surface area contributed by atoms with Gasteiger partial charge in [0.25, 0.3) is 0 Å². The highest BCUT2D eigenvalue weighted by atomic mass is 79.9. The van der Waals surface area contributed by atoms with Crippen molar-refractivity contribution in [1.82, 2.24) is 10.3 Å². The van der Waals surface area contributed by atoms with E-state index in [-0.39, 0.29) is 0 Å². The van der Waals surface area contributed by atoms with Crippen molar-refractivity contribution in [3.63, 3.8) is 0 Å². The van der Waals surface area contributed by atoms with Crippen molar-refractivity contribution < 1.29 is 0 Å². The van der Waals surface area contributed by atoms with E-state index in [1.807, 2.05) is 6.20 Å². The Morgan fingerprint density at radius 2 is 2.24 bits per heavy atom. The first-order valence-corrected chi connectivity index (χ1v) is 9.39. The van der Waals surface area contributed by atoms with Crippen LogP contribution in [0.5, 0.6) is 0 Å². The number of anilines is 1.